The van der Waals surface area contributed by atoms with Gasteiger partial charge in [0.05, 0.1) is 11.8 Å². The van der Waals surface area contributed by atoms with Crippen LogP contribution in [0.15, 0.2) is 12.3 Å². The first-order valence-electron chi connectivity index (χ1n) is 9.20. The summed E-state index contributed by atoms with van der Waals surface area (Å²) in [6.07, 6.45) is 8.32. The molecule has 23 heavy (non-hydrogen) atoms. The summed E-state index contributed by atoms with van der Waals surface area (Å²) in [6, 6.07) is 2.05. The number of hydrogen-bond donors (Lipinski definition) is 0. The minimum Gasteiger partial charge on any atom is -0.376 e. The summed E-state index contributed by atoms with van der Waals surface area (Å²) in [7, 11) is 0. The van der Waals surface area contributed by atoms with Crippen LogP contribution in [0.4, 0.5) is 0 Å². The Morgan fingerprint density at radius 3 is 2.78 bits per heavy atom. The average molecular weight is 318 g/mol. The lowest BCUT2D eigenvalue weighted by Crippen LogP contribution is -2.42. The lowest BCUT2D eigenvalue weighted by atomic mass is 10.1. The van der Waals surface area contributed by atoms with Crippen molar-refractivity contribution in [3.05, 3.63) is 23.8 Å². The first kappa shape index (κ1) is 16.8. The van der Waals surface area contributed by atoms with Crippen LogP contribution < -0.4 is 0 Å². The molecule has 0 bridgehead atoms. The number of ether oxygens (including phenoxy) is 1. The summed E-state index contributed by atoms with van der Waals surface area (Å²) in [5.41, 5.74) is 1.13. The highest BCUT2D eigenvalue weighted by atomic mass is 16.5. The molecule has 128 valence electrons. The molecule has 1 atom stereocenters. The molecule has 0 aromatic carbocycles. The van der Waals surface area contributed by atoms with Gasteiger partial charge in [0.2, 0.25) is 0 Å². The largest absolute Gasteiger partial charge is 0.376 e. The SMILES string of the molecule is CCc1nccc(CN2CCCO[C@H](CN3CCCCC3)C2)n1. The molecule has 3 rings (SSSR count). The standard InChI is InChI=1S/C18H30N4O/c1-2-18-19-8-7-16(20-18)13-22-11-6-12-23-17(15-22)14-21-9-4-3-5-10-21/h7-8,17H,2-6,9-15H2,1H3/t17-/m1/s1. The topological polar surface area (TPSA) is 41.5 Å². The first-order chi connectivity index (χ1) is 11.3. The molecule has 1 aromatic rings. The average Bonchev–Trinajstić information content (AvgIpc) is 2.81. The van der Waals surface area contributed by atoms with Crippen LogP contribution in [0.5, 0.6) is 0 Å². The summed E-state index contributed by atoms with van der Waals surface area (Å²) < 4.78 is 6.10. The maximum atomic E-state index is 6.10. The van der Waals surface area contributed by atoms with Gasteiger partial charge in [0.15, 0.2) is 0 Å². The summed E-state index contributed by atoms with van der Waals surface area (Å²) in [5, 5.41) is 0. The van der Waals surface area contributed by atoms with Gasteiger partial charge in [-0.25, -0.2) is 9.97 Å². The van der Waals surface area contributed by atoms with Gasteiger partial charge >= 0.3 is 0 Å². The fourth-order valence-electron chi connectivity index (χ4n) is 3.58. The summed E-state index contributed by atoms with van der Waals surface area (Å²) in [4.78, 5) is 14.0. The molecule has 2 aliphatic rings. The van der Waals surface area contributed by atoms with Gasteiger partial charge in [-0.3, -0.25) is 4.90 Å². The Hall–Kier alpha value is -1.04. The number of aryl methyl sites for hydroxylation is 1. The monoisotopic (exact) mass is 318 g/mol. The number of nitrogens with zero attached hydrogens (tertiary/aromatic N) is 4. The Bertz CT molecular complexity index is 476. The van der Waals surface area contributed by atoms with Crippen molar-refractivity contribution in [2.24, 2.45) is 0 Å². The van der Waals surface area contributed by atoms with E-state index in [9.17, 15) is 0 Å². The Labute approximate surface area is 140 Å². The normalized spacial score (nSPS) is 24.5. The molecule has 1 aromatic heterocycles. The van der Waals surface area contributed by atoms with Crippen molar-refractivity contribution in [1.82, 2.24) is 19.8 Å². The van der Waals surface area contributed by atoms with Crippen molar-refractivity contribution in [3.63, 3.8) is 0 Å². The highest BCUT2D eigenvalue weighted by molar-refractivity contribution is 5.02. The smallest absolute Gasteiger partial charge is 0.128 e. The molecule has 2 aliphatic heterocycles. The van der Waals surface area contributed by atoms with Crippen molar-refractivity contribution < 1.29 is 4.74 Å². The zero-order chi connectivity index (χ0) is 15.9. The molecule has 0 N–H and O–H groups in total. The zero-order valence-electron chi connectivity index (χ0n) is 14.4. The lowest BCUT2D eigenvalue weighted by molar-refractivity contribution is 0.0215. The van der Waals surface area contributed by atoms with E-state index in [1.165, 1.54) is 32.4 Å². The predicted octanol–water partition coefficient (Wildman–Crippen LogP) is 2.12. The molecule has 0 amide bonds. The Morgan fingerprint density at radius 1 is 1.13 bits per heavy atom. The molecule has 2 saturated heterocycles. The molecule has 3 heterocycles. The second-order valence-electron chi connectivity index (χ2n) is 6.76. The third kappa shape index (κ3) is 5.23. The number of aromatic nitrogens is 2. The van der Waals surface area contributed by atoms with Crippen LogP contribution in [0.3, 0.4) is 0 Å². The molecular formula is C18H30N4O. The molecule has 0 radical (unpaired) electrons. The highest BCUT2D eigenvalue weighted by Crippen LogP contribution is 2.14. The number of likely N-dealkylation sites (tertiary alicyclic amines) is 1. The van der Waals surface area contributed by atoms with Crippen LogP contribution in [-0.2, 0) is 17.7 Å². The maximum absolute atomic E-state index is 6.10. The van der Waals surface area contributed by atoms with E-state index in [-0.39, 0.29) is 0 Å². The number of hydrogen-bond acceptors (Lipinski definition) is 5. The lowest BCUT2D eigenvalue weighted by Gasteiger charge is -2.31. The van der Waals surface area contributed by atoms with Crippen molar-refractivity contribution in [3.8, 4) is 0 Å². The molecule has 0 aliphatic carbocycles. The van der Waals surface area contributed by atoms with Gasteiger partial charge in [-0.15, -0.1) is 0 Å². The fourth-order valence-corrected chi connectivity index (χ4v) is 3.58. The predicted molar refractivity (Wildman–Crippen MR) is 91.3 cm³/mol. The Balaban J connectivity index is 1.55. The molecule has 5 nitrogen and oxygen atoms in total. The van der Waals surface area contributed by atoms with E-state index >= 15 is 0 Å². The van der Waals surface area contributed by atoms with E-state index in [4.69, 9.17) is 4.74 Å². The second-order valence-corrected chi connectivity index (χ2v) is 6.76. The van der Waals surface area contributed by atoms with Crippen molar-refractivity contribution in [2.75, 3.05) is 39.3 Å². The second kappa shape index (κ2) is 8.71. The zero-order valence-corrected chi connectivity index (χ0v) is 14.4. The van der Waals surface area contributed by atoms with Gasteiger partial charge in [0.1, 0.15) is 5.82 Å². The summed E-state index contributed by atoms with van der Waals surface area (Å²) in [6.45, 7) is 9.59. The maximum Gasteiger partial charge on any atom is 0.128 e. The number of piperidine rings is 1. The molecule has 0 saturated carbocycles. The Morgan fingerprint density at radius 2 is 1.96 bits per heavy atom. The molecule has 5 heteroatoms. The van der Waals surface area contributed by atoms with Gasteiger partial charge in [-0.1, -0.05) is 13.3 Å². The summed E-state index contributed by atoms with van der Waals surface area (Å²) >= 11 is 0. The van der Waals surface area contributed by atoms with Gasteiger partial charge in [-0.2, -0.15) is 0 Å². The van der Waals surface area contributed by atoms with Gasteiger partial charge in [0, 0.05) is 45.4 Å². The van der Waals surface area contributed by atoms with E-state index in [1.54, 1.807) is 0 Å². The highest BCUT2D eigenvalue weighted by Gasteiger charge is 2.22. The van der Waals surface area contributed by atoms with Gasteiger partial charge in [-0.05, 0) is 38.4 Å². The van der Waals surface area contributed by atoms with Crippen molar-refractivity contribution in [2.45, 2.75) is 51.7 Å². The van der Waals surface area contributed by atoms with Crippen LogP contribution in [0.25, 0.3) is 0 Å². The van der Waals surface area contributed by atoms with E-state index < -0.39 is 0 Å². The van der Waals surface area contributed by atoms with Crippen LogP contribution >= 0.6 is 0 Å². The van der Waals surface area contributed by atoms with Crippen LogP contribution in [0.1, 0.15) is 44.1 Å². The van der Waals surface area contributed by atoms with Crippen molar-refractivity contribution in [1.29, 1.82) is 0 Å². The van der Waals surface area contributed by atoms with E-state index in [0.717, 1.165) is 57.1 Å². The van der Waals surface area contributed by atoms with E-state index in [2.05, 4.69) is 26.7 Å². The van der Waals surface area contributed by atoms with Crippen LogP contribution in [-0.4, -0.2) is 65.2 Å². The van der Waals surface area contributed by atoms with E-state index in [1.807, 2.05) is 12.3 Å². The third-order valence-electron chi connectivity index (χ3n) is 4.81. The van der Waals surface area contributed by atoms with Crippen LogP contribution in [0.2, 0.25) is 0 Å². The quantitative estimate of drug-likeness (QED) is 0.832. The minimum atomic E-state index is 0.336. The summed E-state index contributed by atoms with van der Waals surface area (Å²) in [5.74, 6) is 0.943. The van der Waals surface area contributed by atoms with Gasteiger partial charge in [0.25, 0.3) is 0 Å². The number of rotatable bonds is 5. The van der Waals surface area contributed by atoms with Gasteiger partial charge < -0.3 is 9.64 Å². The first-order valence-corrected chi connectivity index (χ1v) is 9.20. The fraction of sp³-hybridized carbons (Fsp3) is 0.778. The van der Waals surface area contributed by atoms with Crippen LogP contribution in [0, 0.1) is 0 Å². The molecule has 2 fully saturated rings. The molecular weight excluding hydrogens is 288 g/mol. The minimum absolute atomic E-state index is 0.336. The van der Waals surface area contributed by atoms with Crippen molar-refractivity contribution >= 4 is 0 Å². The Kier molecular flexibility index (Phi) is 6.37. The van der Waals surface area contributed by atoms with E-state index in [0.29, 0.717) is 6.10 Å². The molecule has 0 unspecified atom stereocenters. The third-order valence-corrected chi connectivity index (χ3v) is 4.81. The molecule has 0 spiro atoms.